The first-order valence-electron chi connectivity index (χ1n) is 6.72. The minimum Gasteiger partial charge on any atom is -0.307 e. The van der Waals surface area contributed by atoms with E-state index in [9.17, 15) is 0 Å². The lowest BCUT2D eigenvalue weighted by Crippen LogP contribution is -2.34. The first-order valence-corrected chi connectivity index (χ1v) is 7.10. The molecule has 1 aromatic carbocycles. The summed E-state index contributed by atoms with van der Waals surface area (Å²) in [4.78, 5) is 0. The van der Waals surface area contributed by atoms with Crippen molar-refractivity contribution in [2.45, 2.75) is 51.6 Å². The van der Waals surface area contributed by atoms with Crippen molar-refractivity contribution in [2.24, 2.45) is 5.92 Å². The zero-order valence-corrected chi connectivity index (χ0v) is 11.5. The molecule has 0 heterocycles. The topological polar surface area (TPSA) is 12.0 Å². The molecule has 1 saturated carbocycles. The number of hydrogen-bond acceptors (Lipinski definition) is 1. The Morgan fingerprint density at radius 3 is 2.82 bits per heavy atom. The van der Waals surface area contributed by atoms with Crippen molar-refractivity contribution in [3.63, 3.8) is 0 Å². The van der Waals surface area contributed by atoms with E-state index in [1.807, 2.05) is 12.1 Å². The highest BCUT2D eigenvalue weighted by atomic mass is 35.5. The Kier molecular flexibility index (Phi) is 4.47. The maximum atomic E-state index is 6.23. The third-order valence-corrected chi connectivity index (χ3v) is 4.36. The predicted molar refractivity (Wildman–Crippen MR) is 74.4 cm³/mol. The Balaban J connectivity index is 2.01. The van der Waals surface area contributed by atoms with Crippen molar-refractivity contribution < 1.29 is 0 Å². The van der Waals surface area contributed by atoms with Gasteiger partial charge < -0.3 is 5.32 Å². The lowest BCUT2D eigenvalue weighted by molar-refractivity contribution is 0.360. The molecule has 0 amide bonds. The molecule has 0 radical (unpaired) electrons. The maximum Gasteiger partial charge on any atom is 0.0453 e. The zero-order valence-electron chi connectivity index (χ0n) is 10.7. The molecule has 0 bridgehead atoms. The highest BCUT2D eigenvalue weighted by Crippen LogP contribution is 2.31. The fourth-order valence-corrected chi connectivity index (χ4v) is 3.28. The van der Waals surface area contributed by atoms with Crippen LogP contribution in [0.3, 0.4) is 0 Å². The molecule has 1 aromatic rings. The van der Waals surface area contributed by atoms with Gasteiger partial charge in [0.15, 0.2) is 0 Å². The fourth-order valence-electron chi connectivity index (χ4n) is 2.98. The first-order chi connectivity index (χ1) is 8.22. The van der Waals surface area contributed by atoms with E-state index in [-0.39, 0.29) is 0 Å². The van der Waals surface area contributed by atoms with Crippen LogP contribution in [-0.4, -0.2) is 6.04 Å². The van der Waals surface area contributed by atoms with Gasteiger partial charge in [0.1, 0.15) is 0 Å². The normalized spacial score (nSPS) is 26.1. The molecule has 0 aromatic heterocycles. The van der Waals surface area contributed by atoms with Crippen LogP contribution in [0.4, 0.5) is 0 Å². The van der Waals surface area contributed by atoms with Crippen molar-refractivity contribution in [3.8, 4) is 0 Å². The molecule has 1 aliphatic carbocycles. The summed E-state index contributed by atoms with van der Waals surface area (Å²) >= 11 is 6.23. The quantitative estimate of drug-likeness (QED) is 0.827. The molecule has 3 unspecified atom stereocenters. The van der Waals surface area contributed by atoms with Crippen molar-refractivity contribution in [1.82, 2.24) is 5.32 Å². The second kappa shape index (κ2) is 5.88. The first kappa shape index (κ1) is 12.9. The molecular weight excluding hydrogens is 230 g/mol. The summed E-state index contributed by atoms with van der Waals surface area (Å²) in [5.74, 6) is 0.847. The van der Waals surface area contributed by atoms with Gasteiger partial charge in [-0.3, -0.25) is 0 Å². The van der Waals surface area contributed by atoms with Crippen molar-refractivity contribution in [1.29, 1.82) is 0 Å². The summed E-state index contributed by atoms with van der Waals surface area (Å²) in [6.07, 6.45) is 5.34. The van der Waals surface area contributed by atoms with E-state index >= 15 is 0 Å². The number of halogens is 1. The van der Waals surface area contributed by atoms with Crippen molar-refractivity contribution in [3.05, 3.63) is 34.9 Å². The van der Waals surface area contributed by atoms with Gasteiger partial charge >= 0.3 is 0 Å². The van der Waals surface area contributed by atoms with Gasteiger partial charge in [0.05, 0.1) is 0 Å². The molecule has 0 saturated heterocycles. The van der Waals surface area contributed by atoms with Crippen LogP contribution in [0.15, 0.2) is 24.3 Å². The molecule has 2 rings (SSSR count). The monoisotopic (exact) mass is 251 g/mol. The lowest BCUT2D eigenvalue weighted by Gasteiger charge is -2.25. The highest BCUT2D eigenvalue weighted by molar-refractivity contribution is 6.31. The third-order valence-electron chi connectivity index (χ3n) is 4.02. The fraction of sp³-hybridized carbons (Fsp3) is 0.600. The third kappa shape index (κ3) is 3.02. The minimum absolute atomic E-state index is 0.348. The Labute approximate surface area is 110 Å². The van der Waals surface area contributed by atoms with E-state index in [1.165, 1.54) is 31.2 Å². The van der Waals surface area contributed by atoms with Crippen LogP contribution >= 0.6 is 11.6 Å². The van der Waals surface area contributed by atoms with Gasteiger partial charge in [-0.25, -0.2) is 0 Å². The summed E-state index contributed by atoms with van der Waals surface area (Å²) in [7, 11) is 0. The summed E-state index contributed by atoms with van der Waals surface area (Å²) in [5, 5.41) is 4.63. The average Bonchev–Trinajstić information content (AvgIpc) is 2.76. The van der Waals surface area contributed by atoms with Gasteiger partial charge in [-0.05, 0) is 37.3 Å². The van der Waals surface area contributed by atoms with Crippen molar-refractivity contribution >= 4 is 11.6 Å². The molecule has 2 heteroatoms. The molecule has 3 atom stereocenters. The predicted octanol–water partition coefficient (Wildman–Crippen LogP) is 4.57. The van der Waals surface area contributed by atoms with Crippen LogP contribution in [0.25, 0.3) is 0 Å². The van der Waals surface area contributed by atoms with E-state index in [0.717, 1.165) is 10.9 Å². The standard InChI is InChI=1S/C15H22ClN/c1-3-12-7-6-10-15(12)17-11(2)13-8-4-5-9-14(13)16/h4-5,8-9,11-12,15,17H,3,6-7,10H2,1-2H3. The number of benzene rings is 1. The van der Waals surface area contributed by atoms with E-state index < -0.39 is 0 Å². The molecular formula is C15H22ClN. The van der Waals surface area contributed by atoms with Gasteiger partial charge in [0.25, 0.3) is 0 Å². The maximum absolute atomic E-state index is 6.23. The van der Waals surface area contributed by atoms with Crippen LogP contribution in [0.1, 0.15) is 51.1 Å². The Hall–Kier alpha value is -0.530. The Morgan fingerprint density at radius 1 is 1.35 bits per heavy atom. The second-order valence-electron chi connectivity index (χ2n) is 5.12. The molecule has 1 fully saturated rings. The summed E-state index contributed by atoms with van der Waals surface area (Å²) < 4.78 is 0. The molecule has 17 heavy (non-hydrogen) atoms. The van der Waals surface area contributed by atoms with E-state index in [4.69, 9.17) is 11.6 Å². The Morgan fingerprint density at radius 2 is 2.12 bits per heavy atom. The summed E-state index contributed by atoms with van der Waals surface area (Å²) in [6.45, 7) is 4.51. The molecule has 1 nitrogen and oxygen atoms in total. The minimum atomic E-state index is 0.348. The van der Waals surface area contributed by atoms with E-state index in [1.54, 1.807) is 0 Å². The molecule has 1 aliphatic rings. The number of rotatable bonds is 4. The number of hydrogen-bond donors (Lipinski definition) is 1. The van der Waals surface area contributed by atoms with Crippen LogP contribution < -0.4 is 5.32 Å². The van der Waals surface area contributed by atoms with E-state index in [0.29, 0.717) is 12.1 Å². The van der Waals surface area contributed by atoms with E-state index in [2.05, 4.69) is 31.3 Å². The molecule has 0 aliphatic heterocycles. The molecule has 94 valence electrons. The SMILES string of the molecule is CCC1CCCC1NC(C)c1ccccc1Cl. The molecule has 1 N–H and O–H groups in total. The van der Waals surface area contributed by atoms with Crippen LogP contribution in [0.5, 0.6) is 0 Å². The van der Waals surface area contributed by atoms with Gasteiger partial charge in [-0.2, -0.15) is 0 Å². The van der Waals surface area contributed by atoms with Gasteiger partial charge in [-0.15, -0.1) is 0 Å². The highest BCUT2D eigenvalue weighted by Gasteiger charge is 2.27. The van der Waals surface area contributed by atoms with Crippen LogP contribution in [0, 0.1) is 5.92 Å². The van der Waals surface area contributed by atoms with Crippen LogP contribution in [0.2, 0.25) is 5.02 Å². The number of nitrogens with one attached hydrogen (secondary N) is 1. The second-order valence-corrected chi connectivity index (χ2v) is 5.52. The average molecular weight is 252 g/mol. The Bertz CT molecular complexity index is 364. The zero-order chi connectivity index (χ0) is 12.3. The summed E-state index contributed by atoms with van der Waals surface area (Å²) in [6, 6.07) is 9.16. The largest absolute Gasteiger partial charge is 0.307 e. The van der Waals surface area contributed by atoms with Crippen molar-refractivity contribution in [2.75, 3.05) is 0 Å². The van der Waals surface area contributed by atoms with Gasteiger partial charge in [0.2, 0.25) is 0 Å². The van der Waals surface area contributed by atoms with Gasteiger partial charge in [-0.1, -0.05) is 49.6 Å². The lowest BCUT2D eigenvalue weighted by atomic mass is 9.98. The van der Waals surface area contributed by atoms with Gasteiger partial charge in [0, 0.05) is 17.1 Å². The smallest absolute Gasteiger partial charge is 0.0453 e. The van der Waals surface area contributed by atoms with Crippen LogP contribution in [-0.2, 0) is 0 Å². The molecule has 0 spiro atoms. The summed E-state index contributed by atoms with van der Waals surface area (Å²) in [5.41, 5.74) is 1.22.